The molecule has 0 aliphatic heterocycles. The van der Waals surface area contributed by atoms with Crippen molar-refractivity contribution < 1.29 is 4.79 Å². The summed E-state index contributed by atoms with van der Waals surface area (Å²) in [5.74, 6) is 1.74. The molecular weight excluding hydrogens is 124 g/mol. The Morgan fingerprint density at radius 2 is 2.20 bits per heavy atom. The minimum Gasteiger partial charge on any atom is -0.299 e. The molecule has 0 aromatic carbocycles. The van der Waals surface area contributed by atoms with Crippen LogP contribution >= 0.6 is 0 Å². The lowest BCUT2D eigenvalue weighted by molar-refractivity contribution is -0.128. The Bertz CT molecular complexity index is 181. The van der Waals surface area contributed by atoms with Crippen LogP contribution in [0.4, 0.5) is 0 Å². The van der Waals surface area contributed by atoms with Crippen molar-refractivity contribution in [3.63, 3.8) is 0 Å². The third-order valence-electron chi connectivity index (χ3n) is 3.35. The first-order valence-corrected chi connectivity index (χ1v) is 4.14. The summed E-state index contributed by atoms with van der Waals surface area (Å²) < 4.78 is 0. The van der Waals surface area contributed by atoms with E-state index in [-0.39, 0.29) is 0 Å². The monoisotopic (exact) mass is 138 g/mol. The number of rotatable bonds is 0. The van der Waals surface area contributed by atoms with Gasteiger partial charge in [0, 0.05) is 12.3 Å². The van der Waals surface area contributed by atoms with Crippen LogP contribution in [0.1, 0.15) is 33.1 Å². The quantitative estimate of drug-likeness (QED) is 0.500. The molecule has 56 valence electrons. The van der Waals surface area contributed by atoms with Crippen molar-refractivity contribution in [3.05, 3.63) is 0 Å². The highest BCUT2D eigenvalue weighted by Gasteiger charge is 2.53. The number of ketones is 1. The second-order valence-corrected chi connectivity index (χ2v) is 4.41. The van der Waals surface area contributed by atoms with Gasteiger partial charge in [-0.3, -0.25) is 4.79 Å². The number of hydrogen-bond donors (Lipinski definition) is 0. The minimum absolute atomic E-state index is 0.468. The van der Waals surface area contributed by atoms with Crippen LogP contribution in [0.25, 0.3) is 0 Å². The lowest BCUT2D eigenvalue weighted by Gasteiger charge is -2.47. The highest BCUT2D eigenvalue weighted by atomic mass is 16.1. The van der Waals surface area contributed by atoms with Gasteiger partial charge in [-0.05, 0) is 24.2 Å². The first kappa shape index (κ1) is 6.38. The summed E-state index contributed by atoms with van der Waals surface area (Å²) in [7, 11) is 0. The Morgan fingerprint density at radius 3 is 2.60 bits per heavy atom. The molecule has 0 saturated heterocycles. The Hall–Kier alpha value is -0.330. The maximum Gasteiger partial charge on any atom is 0.136 e. The molecule has 0 spiro atoms. The van der Waals surface area contributed by atoms with Gasteiger partial charge in [0.15, 0.2) is 0 Å². The number of fused-ring (bicyclic) bond motifs is 1. The van der Waals surface area contributed by atoms with Crippen LogP contribution in [0, 0.1) is 17.3 Å². The Balaban J connectivity index is 2.16. The first-order valence-electron chi connectivity index (χ1n) is 4.14. The fourth-order valence-corrected chi connectivity index (χ4v) is 2.66. The summed E-state index contributed by atoms with van der Waals surface area (Å²) in [6.45, 7) is 4.57. The topological polar surface area (TPSA) is 17.1 Å². The van der Waals surface area contributed by atoms with E-state index in [0.717, 1.165) is 25.2 Å². The number of carbonyl (C=O) groups excluding carboxylic acids is 1. The molecule has 2 aliphatic rings. The van der Waals surface area contributed by atoms with E-state index in [1.807, 2.05) is 0 Å². The smallest absolute Gasteiger partial charge is 0.136 e. The highest BCUT2D eigenvalue weighted by molar-refractivity contribution is 5.84. The van der Waals surface area contributed by atoms with Crippen molar-refractivity contribution >= 4 is 5.78 Å². The summed E-state index contributed by atoms with van der Waals surface area (Å²) in [5.41, 5.74) is 0.483. The fraction of sp³-hybridized carbons (Fsp3) is 0.889. The third kappa shape index (κ3) is 0.609. The third-order valence-corrected chi connectivity index (χ3v) is 3.35. The number of Topliss-reactive ketones (excluding diaryl/α,β-unsaturated/α-hetero) is 1. The maximum absolute atomic E-state index is 11.1. The number of carbonyl (C=O) groups is 1. The van der Waals surface area contributed by atoms with E-state index in [1.165, 1.54) is 0 Å². The molecule has 2 saturated carbocycles. The number of hydrogen-bond acceptors (Lipinski definition) is 1. The van der Waals surface area contributed by atoms with Gasteiger partial charge in [0.25, 0.3) is 0 Å². The van der Waals surface area contributed by atoms with E-state index in [2.05, 4.69) is 13.8 Å². The van der Waals surface area contributed by atoms with Crippen LogP contribution in [-0.2, 0) is 4.79 Å². The largest absolute Gasteiger partial charge is 0.299 e. The molecule has 0 heterocycles. The molecule has 2 aliphatic carbocycles. The SMILES string of the molecule is CC1(C)CC2C(=O)CCC21. The van der Waals surface area contributed by atoms with Crippen molar-refractivity contribution in [3.8, 4) is 0 Å². The van der Waals surface area contributed by atoms with Gasteiger partial charge in [0.05, 0.1) is 0 Å². The Kier molecular flexibility index (Phi) is 1.04. The molecule has 1 heteroatoms. The zero-order chi connectivity index (χ0) is 7.35. The summed E-state index contributed by atoms with van der Waals surface area (Å²) in [6.07, 6.45) is 3.17. The molecular formula is C9H14O. The zero-order valence-corrected chi connectivity index (χ0v) is 6.68. The van der Waals surface area contributed by atoms with Gasteiger partial charge in [-0.15, -0.1) is 0 Å². The molecule has 0 aromatic heterocycles. The van der Waals surface area contributed by atoms with Crippen LogP contribution < -0.4 is 0 Å². The van der Waals surface area contributed by atoms with Crippen molar-refractivity contribution in [2.45, 2.75) is 33.1 Å². The van der Waals surface area contributed by atoms with Gasteiger partial charge in [0.1, 0.15) is 5.78 Å². The Morgan fingerprint density at radius 1 is 1.50 bits per heavy atom. The fourth-order valence-electron chi connectivity index (χ4n) is 2.66. The van der Waals surface area contributed by atoms with Gasteiger partial charge < -0.3 is 0 Å². The molecule has 0 bridgehead atoms. The van der Waals surface area contributed by atoms with E-state index in [0.29, 0.717) is 17.1 Å². The molecule has 10 heavy (non-hydrogen) atoms. The summed E-state index contributed by atoms with van der Waals surface area (Å²) in [5, 5.41) is 0. The lowest BCUT2D eigenvalue weighted by atomic mass is 9.57. The molecule has 0 aromatic rings. The van der Waals surface area contributed by atoms with E-state index >= 15 is 0 Å². The standard InChI is InChI=1S/C9H14O/c1-9(2)5-6-7(9)3-4-8(6)10/h6-7H,3-5H2,1-2H3. The lowest BCUT2D eigenvalue weighted by Crippen LogP contribution is -2.42. The predicted octanol–water partition coefficient (Wildman–Crippen LogP) is 2.01. The molecule has 2 fully saturated rings. The molecule has 0 amide bonds. The average molecular weight is 138 g/mol. The maximum atomic E-state index is 11.1. The molecule has 0 N–H and O–H groups in total. The predicted molar refractivity (Wildman–Crippen MR) is 39.6 cm³/mol. The molecule has 2 rings (SSSR count). The molecule has 2 atom stereocenters. The van der Waals surface area contributed by atoms with Gasteiger partial charge in [-0.25, -0.2) is 0 Å². The van der Waals surface area contributed by atoms with E-state index < -0.39 is 0 Å². The summed E-state index contributed by atoms with van der Waals surface area (Å²) >= 11 is 0. The van der Waals surface area contributed by atoms with Crippen molar-refractivity contribution in [1.82, 2.24) is 0 Å². The highest BCUT2D eigenvalue weighted by Crippen LogP contribution is 2.56. The second kappa shape index (κ2) is 1.63. The van der Waals surface area contributed by atoms with Crippen LogP contribution in [0.2, 0.25) is 0 Å². The van der Waals surface area contributed by atoms with Crippen LogP contribution in [0.5, 0.6) is 0 Å². The average Bonchev–Trinajstić information content (AvgIpc) is 2.09. The van der Waals surface area contributed by atoms with Crippen LogP contribution in [-0.4, -0.2) is 5.78 Å². The summed E-state index contributed by atoms with van der Waals surface area (Å²) in [4.78, 5) is 11.1. The minimum atomic E-state index is 0.468. The van der Waals surface area contributed by atoms with Crippen molar-refractivity contribution in [2.75, 3.05) is 0 Å². The first-order chi connectivity index (χ1) is 4.61. The molecule has 1 nitrogen and oxygen atoms in total. The van der Waals surface area contributed by atoms with E-state index in [1.54, 1.807) is 0 Å². The Labute approximate surface area is 61.8 Å². The van der Waals surface area contributed by atoms with Crippen LogP contribution in [0.3, 0.4) is 0 Å². The zero-order valence-electron chi connectivity index (χ0n) is 6.68. The van der Waals surface area contributed by atoms with E-state index in [9.17, 15) is 4.79 Å². The second-order valence-electron chi connectivity index (χ2n) is 4.41. The van der Waals surface area contributed by atoms with Gasteiger partial charge >= 0.3 is 0 Å². The normalized spacial score (nSPS) is 42.8. The van der Waals surface area contributed by atoms with Crippen molar-refractivity contribution in [2.24, 2.45) is 17.3 Å². The van der Waals surface area contributed by atoms with Crippen LogP contribution in [0.15, 0.2) is 0 Å². The molecule has 2 unspecified atom stereocenters. The van der Waals surface area contributed by atoms with Crippen molar-refractivity contribution in [1.29, 1.82) is 0 Å². The van der Waals surface area contributed by atoms with Gasteiger partial charge in [0.2, 0.25) is 0 Å². The van der Waals surface area contributed by atoms with Gasteiger partial charge in [-0.1, -0.05) is 13.8 Å². The molecule has 0 radical (unpaired) electrons. The summed E-state index contributed by atoms with van der Waals surface area (Å²) in [6, 6.07) is 0. The van der Waals surface area contributed by atoms with Gasteiger partial charge in [-0.2, -0.15) is 0 Å². The van der Waals surface area contributed by atoms with E-state index in [4.69, 9.17) is 0 Å².